The van der Waals surface area contributed by atoms with Crippen molar-refractivity contribution < 1.29 is 28.0 Å². The van der Waals surface area contributed by atoms with Crippen molar-refractivity contribution in [3.63, 3.8) is 0 Å². The van der Waals surface area contributed by atoms with Crippen LogP contribution in [0.15, 0.2) is 36.4 Å². The molecule has 28 heavy (non-hydrogen) atoms. The molecule has 1 aliphatic carbocycles. The molecule has 0 bridgehead atoms. The first-order valence-corrected chi connectivity index (χ1v) is 21.1. The molecule has 3 rings (SSSR count). The van der Waals surface area contributed by atoms with Gasteiger partial charge in [-0.15, -0.1) is 0 Å². The Hall–Kier alpha value is -0.630. The second-order valence-corrected chi connectivity index (χ2v) is 22.8. The van der Waals surface area contributed by atoms with Crippen molar-refractivity contribution >= 4 is 60.4 Å². The van der Waals surface area contributed by atoms with Crippen LogP contribution in [0.4, 0.5) is 11.4 Å². The Morgan fingerprint density at radius 3 is 1.82 bits per heavy atom. The first-order valence-electron chi connectivity index (χ1n) is 8.55. The summed E-state index contributed by atoms with van der Waals surface area (Å²) in [6, 6.07) is 10.3. The van der Waals surface area contributed by atoms with Crippen LogP contribution in [-0.2, 0) is 0 Å². The summed E-state index contributed by atoms with van der Waals surface area (Å²) in [6.07, 6.45) is 3.13. The van der Waals surface area contributed by atoms with E-state index < -0.39 is 5.97 Å². The zero-order valence-corrected chi connectivity index (χ0v) is 22.2. The maximum atomic E-state index is 11.7. The molecule has 0 heterocycles. The molecule has 5 N–H and O–H groups in total. The number of carbonyl (C=O) groups excluding carboxylic acids is 1. The van der Waals surface area contributed by atoms with E-state index in [0.717, 1.165) is 16.7 Å². The van der Waals surface area contributed by atoms with Gasteiger partial charge in [-0.1, -0.05) is 18.2 Å². The molecule has 154 valence electrons. The van der Waals surface area contributed by atoms with Gasteiger partial charge in [0.2, 0.25) is 0 Å². The molecule has 1 fully saturated rings. The molecule has 8 heteroatoms. The fourth-order valence-corrected chi connectivity index (χ4v) is 2.29. The summed E-state index contributed by atoms with van der Waals surface area (Å²) in [7, 11) is 0. The monoisotopic (exact) mass is 721 g/mol. The van der Waals surface area contributed by atoms with Crippen molar-refractivity contribution in [2.24, 2.45) is 5.92 Å². The predicted octanol–water partition coefficient (Wildman–Crippen LogP) is 2.61. The third-order valence-electron chi connectivity index (χ3n) is 4.30. The van der Waals surface area contributed by atoms with E-state index in [1.54, 1.807) is 12.1 Å². The van der Waals surface area contributed by atoms with Crippen LogP contribution in [0.2, 0.25) is 0 Å². The second-order valence-electron chi connectivity index (χ2n) is 6.57. The van der Waals surface area contributed by atoms with Crippen molar-refractivity contribution in [1.29, 1.82) is 0 Å². The number of Topliss-reactive ketones (excluding diaryl/α,β-unsaturated/α-hetero) is 1. The summed E-state index contributed by atoms with van der Waals surface area (Å²) in [4.78, 5) is 22.1. The number of carboxylic acids is 1. The molecule has 1 aliphatic rings. The normalized spacial score (nSPS) is 12.3. The van der Waals surface area contributed by atoms with E-state index in [1.165, 1.54) is 25.0 Å². The zero-order chi connectivity index (χ0) is 21.3. The number of carboxylic acid groups (broad SMARTS) is 1. The minimum atomic E-state index is -0.947. The van der Waals surface area contributed by atoms with E-state index in [9.17, 15) is 9.59 Å². The van der Waals surface area contributed by atoms with Crippen LogP contribution >= 0.6 is 37.2 Å². The topological polar surface area (TPSA) is 106 Å². The summed E-state index contributed by atoms with van der Waals surface area (Å²) in [5, 5.41) is 8.54. The Morgan fingerprint density at radius 1 is 1.00 bits per heavy atom. The number of nitrogens with two attached hydrogens (primary N) is 2. The third-order valence-corrected chi connectivity index (χ3v) is 4.30. The van der Waals surface area contributed by atoms with Crippen molar-refractivity contribution in [1.82, 2.24) is 0 Å². The number of anilines is 2. The number of aromatic carboxylic acids is 1. The molecule has 0 atom stereocenters. The van der Waals surface area contributed by atoms with Gasteiger partial charge in [0, 0.05) is 23.4 Å². The van der Waals surface area contributed by atoms with Gasteiger partial charge in [-0.05, 0) is 61.9 Å². The first kappa shape index (κ1) is 25.4. The van der Waals surface area contributed by atoms with Crippen LogP contribution in [0.5, 0.6) is 0 Å². The Kier molecular flexibility index (Phi) is 11.6. The van der Waals surface area contributed by atoms with Crippen LogP contribution in [0.1, 0.15) is 51.1 Å². The molecule has 0 aromatic heterocycles. The van der Waals surface area contributed by atoms with E-state index in [1.807, 2.05) is 26.0 Å². The van der Waals surface area contributed by atoms with Crippen LogP contribution in [0.3, 0.4) is 0 Å². The van der Waals surface area contributed by atoms with Gasteiger partial charge < -0.3 is 16.6 Å². The van der Waals surface area contributed by atoms with Crippen molar-refractivity contribution in [3.8, 4) is 0 Å². The summed E-state index contributed by atoms with van der Waals surface area (Å²) in [5.74, 6) is -0.0686. The second kappa shape index (κ2) is 12.8. The molecule has 0 saturated heterocycles. The van der Waals surface area contributed by atoms with E-state index in [0.29, 0.717) is 37.0 Å². The van der Waals surface area contributed by atoms with Gasteiger partial charge in [0.1, 0.15) is 0 Å². The number of rotatable bonds is 4. The third kappa shape index (κ3) is 9.25. The Labute approximate surface area is 195 Å². The van der Waals surface area contributed by atoms with Gasteiger partial charge in [0.15, 0.2) is 5.78 Å². The molecule has 5 nitrogen and oxygen atoms in total. The van der Waals surface area contributed by atoms with Crippen LogP contribution < -0.4 is 24.7 Å². The molecule has 0 spiro atoms. The van der Waals surface area contributed by atoms with Crippen LogP contribution in [0, 0.1) is 19.8 Å². The summed E-state index contributed by atoms with van der Waals surface area (Å²) in [5.41, 5.74) is 15.4. The molecule has 0 radical (unpaired) electrons. The number of hydrogen-bond acceptors (Lipinski definition) is 4. The number of aryl methyl sites for hydroxylation is 2. The van der Waals surface area contributed by atoms with Crippen LogP contribution in [-0.4, -0.2) is 16.9 Å². The average Bonchev–Trinajstić information content (AvgIpc) is 3.45. The number of benzene rings is 2. The summed E-state index contributed by atoms with van der Waals surface area (Å²) >= 11 is 5.30. The fraction of sp³-hybridized carbons (Fsp3) is 0.300. The molecular formula is C20H24I3N2O3-. The first-order chi connectivity index (χ1) is 13.2. The number of nitrogen functional groups attached to an aromatic ring is 2. The van der Waals surface area contributed by atoms with E-state index in [2.05, 4.69) is 37.2 Å². The maximum absolute atomic E-state index is 11.7. The van der Waals surface area contributed by atoms with E-state index in [-0.39, 0.29) is 11.3 Å². The quantitative estimate of drug-likeness (QED) is 0.256. The van der Waals surface area contributed by atoms with Gasteiger partial charge in [-0.25, -0.2) is 4.79 Å². The minimum absolute atomic E-state index is 0.230. The van der Waals surface area contributed by atoms with Crippen molar-refractivity contribution in [2.75, 3.05) is 11.5 Å². The summed E-state index contributed by atoms with van der Waals surface area (Å²) in [6.45, 7) is 3.78. The van der Waals surface area contributed by atoms with Crippen molar-refractivity contribution in [2.45, 2.75) is 33.1 Å². The standard InChI is InChI=1S/C12H15NO.C8H9NO2.I3/c1-8-2-5-10(7-11(8)13)12(14)6-9-3-4-9;1-5-2-3-6(8(10)11)4-7(5)9;1-3-2/h2,5,7,9H,3-4,6,13H2,1H3;2-4H,9H2,1H3,(H,10,11);/q;;-1. The van der Waals surface area contributed by atoms with Gasteiger partial charge in [0.05, 0.1) is 5.56 Å². The average molecular weight is 721 g/mol. The SMILES string of the molecule is Cc1ccc(C(=O)CC2CC2)cc1N.Cc1ccc(C(=O)O)cc1N.I[I-]I. The Morgan fingerprint density at radius 2 is 1.43 bits per heavy atom. The number of halogens is 3. The van der Waals surface area contributed by atoms with Gasteiger partial charge >= 0.3 is 56.5 Å². The fourth-order valence-electron chi connectivity index (χ4n) is 2.29. The van der Waals surface area contributed by atoms with Gasteiger partial charge in [-0.2, -0.15) is 0 Å². The Balaban J connectivity index is 0.000000252. The molecule has 2 aromatic carbocycles. The molecule has 0 aliphatic heterocycles. The van der Waals surface area contributed by atoms with Gasteiger partial charge in [0.25, 0.3) is 0 Å². The molecule has 1 saturated carbocycles. The predicted molar refractivity (Wildman–Crippen MR) is 128 cm³/mol. The number of ketones is 1. The van der Waals surface area contributed by atoms with E-state index in [4.69, 9.17) is 16.6 Å². The molecule has 2 aromatic rings. The summed E-state index contributed by atoms with van der Waals surface area (Å²) < 4.78 is 0. The molecule has 0 amide bonds. The molecule has 0 unspecified atom stereocenters. The Bertz CT molecular complexity index is 824. The van der Waals surface area contributed by atoms with Crippen LogP contribution in [0.25, 0.3) is 0 Å². The zero-order valence-electron chi connectivity index (χ0n) is 15.7. The van der Waals surface area contributed by atoms with E-state index >= 15 is 0 Å². The van der Waals surface area contributed by atoms with Gasteiger partial charge in [-0.3, -0.25) is 4.79 Å². The molecular weight excluding hydrogens is 697 g/mol. The van der Waals surface area contributed by atoms with Crippen molar-refractivity contribution in [3.05, 3.63) is 58.7 Å². The number of carbonyl (C=O) groups is 2. The number of hydrogen-bond donors (Lipinski definition) is 3.